The lowest BCUT2D eigenvalue weighted by atomic mass is 9.67. The predicted octanol–water partition coefficient (Wildman–Crippen LogP) is 5.31. The molecule has 0 bridgehead atoms. The van der Waals surface area contributed by atoms with Crippen molar-refractivity contribution in [1.29, 1.82) is 0 Å². The summed E-state index contributed by atoms with van der Waals surface area (Å²) in [5.74, 6) is -0.375. The number of esters is 1. The van der Waals surface area contributed by atoms with Crippen molar-refractivity contribution in [2.45, 2.75) is 46.0 Å². The largest absolute Gasteiger partial charge is 0.493 e. The van der Waals surface area contributed by atoms with Crippen LogP contribution in [0.1, 0.15) is 50.7 Å². The molecule has 1 aliphatic heterocycles. The topological polar surface area (TPSA) is 74.2 Å². The monoisotopic (exact) mass is 475 g/mol. The summed E-state index contributed by atoms with van der Waals surface area (Å²) < 4.78 is 16.7. The first-order chi connectivity index (χ1) is 16.7. The lowest BCUT2D eigenvalue weighted by molar-refractivity contribution is -0.146. The minimum absolute atomic E-state index is 0.0365. The van der Waals surface area contributed by atoms with Crippen LogP contribution in [0.5, 0.6) is 11.5 Å². The number of aliphatic imine (C=N–C) groups is 1. The molecule has 184 valence electrons. The van der Waals surface area contributed by atoms with Crippen molar-refractivity contribution in [3.8, 4) is 11.5 Å². The fourth-order valence-corrected chi connectivity index (χ4v) is 5.16. The van der Waals surface area contributed by atoms with Crippen molar-refractivity contribution in [1.82, 2.24) is 0 Å². The van der Waals surface area contributed by atoms with Crippen LogP contribution < -0.4 is 9.47 Å². The van der Waals surface area contributed by atoms with E-state index in [1.54, 1.807) is 14.2 Å². The maximum absolute atomic E-state index is 13.5. The van der Waals surface area contributed by atoms with Crippen LogP contribution in [-0.2, 0) is 20.7 Å². The molecular weight excluding hydrogens is 442 g/mol. The number of carbonyl (C=O) groups excluding carboxylic acids is 2. The average molecular weight is 476 g/mol. The van der Waals surface area contributed by atoms with Crippen LogP contribution >= 0.6 is 0 Å². The van der Waals surface area contributed by atoms with Gasteiger partial charge in [0.2, 0.25) is 0 Å². The zero-order valence-electron chi connectivity index (χ0n) is 21.1. The van der Waals surface area contributed by atoms with E-state index in [4.69, 9.17) is 19.2 Å². The Morgan fingerprint density at radius 3 is 2.43 bits per heavy atom. The number of allylic oxidation sites excluding steroid dienone is 2. The van der Waals surface area contributed by atoms with E-state index in [-0.39, 0.29) is 23.8 Å². The van der Waals surface area contributed by atoms with Gasteiger partial charge < -0.3 is 14.2 Å². The normalized spacial score (nSPS) is 21.2. The molecule has 0 N–H and O–H groups in total. The minimum Gasteiger partial charge on any atom is -0.493 e. The summed E-state index contributed by atoms with van der Waals surface area (Å²) >= 11 is 0. The van der Waals surface area contributed by atoms with Crippen molar-refractivity contribution in [2.75, 3.05) is 20.8 Å². The first-order valence-corrected chi connectivity index (χ1v) is 12.0. The van der Waals surface area contributed by atoms with E-state index in [1.165, 1.54) is 0 Å². The molecule has 35 heavy (non-hydrogen) atoms. The molecule has 6 nitrogen and oxygen atoms in total. The van der Waals surface area contributed by atoms with E-state index in [0.717, 1.165) is 16.8 Å². The highest BCUT2D eigenvalue weighted by atomic mass is 16.5. The highest BCUT2D eigenvalue weighted by molar-refractivity contribution is 6.09. The van der Waals surface area contributed by atoms with Gasteiger partial charge in [-0.2, -0.15) is 0 Å². The Kier molecular flexibility index (Phi) is 7.10. The maximum Gasteiger partial charge on any atom is 0.315 e. The van der Waals surface area contributed by atoms with Gasteiger partial charge in [0.1, 0.15) is 5.92 Å². The van der Waals surface area contributed by atoms with E-state index in [2.05, 4.69) is 13.8 Å². The van der Waals surface area contributed by atoms with E-state index in [0.29, 0.717) is 42.0 Å². The third-order valence-corrected chi connectivity index (χ3v) is 6.80. The number of benzene rings is 2. The van der Waals surface area contributed by atoms with Gasteiger partial charge in [-0.15, -0.1) is 0 Å². The number of methoxy groups -OCH3 is 2. The molecule has 6 heteroatoms. The van der Waals surface area contributed by atoms with Gasteiger partial charge in [0, 0.05) is 35.7 Å². The number of carbonyl (C=O) groups is 2. The highest BCUT2D eigenvalue weighted by Crippen LogP contribution is 2.48. The molecule has 0 fully saturated rings. The molecule has 2 atom stereocenters. The molecule has 0 aromatic heterocycles. The van der Waals surface area contributed by atoms with Crippen molar-refractivity contribution in [2.24, 2.45) is 16.3 Å². The molecule has 2 aliphatic rings. The molecule has 0 amide bonds. The average Bonchev–Trinajstić information content (AvgIpc) is 2.82. The van der Waals surface area contributed by atoms with Gasteiger partial charge in [0.25, 0.3) is 0 Å². The summed E-state index contributed by atoms with van der Waals surface area (Å²) in [6, 6.07) is 15.5. The summed E-state index contributed by atoms with van der Waals surface area (Å²) in [5.41, 5.74) is 3.79. The number of hydrogen-bond acceptors (Lipinski definition) is 6. The molecular formula is C29H33NO5. The van der Waals surface area contributed by atoms with Crippen molar-refractivity contribution < 1.29 is 23.8 Å². The second kappa shape index (κ2) is 10.1. The number of nitrogens with zero attached hydrogens (tertiary/aromatic N) is 1. The van der Waals surface area contributed by atoms with Gasteiger partial charge in [-0.25, -0.2) is 0 Å². The summed E-state index contributed by atoms with van der Waals surface area (Å²) in [4.78, 5) is 31.7. The quantitative estimate of drug-likeness (QED) is 0.508. The lowest BCUT2D eigenvalue weighted by Gasteiger charge is -2.39. The molecule has 0 spiro atoms. The second-order valence-corrected chi connectivity index (χ2v) is 10.0. The molecule has 1 unspecified atom stereocenters. The molecule has 0 saturated heterocycles. The number of Topliss-reactive ketones (excluding diaryl/α,β-unsaturated/α-hetero) is 1. The smallest absolute Gasteiger partial charge is 0.315 e. The Bertz CT molecular complexity index is 1180. The number of ketones is 1. The maximum atomic E-state index is 13.5. The molecule has 0 saturated carbocycles. The molecule has 1 heterocycles. The summed E-state index contributed by atoms with van der Waals surface area (Å²) in [7, 11) is 3.15. The van der Waals surface area contributed by atoms with Gasteiger partial charge >= 0.3 is 5.97 Å². The Labute approximate surface area is 207 Å². The molecule has 4 rings (SSSR count). The first-order valence-electron chi connectivity index (χ1n) is 12.0. The van der Waals surface area contributed by atoms with Crippen molar-refractivity contribution >= 4 is 17.5 Å². The first kappa shape index (κ1) is 24.7. The summed E-state index contributed by atoms with van der Waals surface area (Å²) in [5, 5.41) is 0. The Morgan fingerprint density at radius 1 is 1.03 bits per heavy atom. The SMILES string of the molecule is COc1ccc([C@@H]2C3=C(CC(C)(C)CC3=O)N=C(C)C2C(=O)OCCc2ccccc2)cc1OC. The van der Waals surface area contributed by atoms with Crippen molar-refractivity contribution in [3.05, 3.63) is 70.9 Å². The third kappa shape index (κ3) is 5.16. The molecule has 2 aromatic carbocycles. The Hall–Kier alpha value is -3.41. The lowest BCUT2D eigenvalue weighted by Crippen LogP contribution is -2.39. The highest BCUT2D eigenvalue weighted by Gasteiger charge is 2.46. The van der Waals surface area contributed by atoms with E-state index < -0.39 is 11.8 Å². The van der Waals surface area contributed by atoms with E-state index in [1.807, 2.05) is 55.5 Å². The van der Waals surface area contributed by atoms with Gasteiger partial charge in [-0.05, 0) is 42.0 Å². The molecule has 0 radical (unpaired) electrons. The molecule has 1 aliphatic carbocycles. The van der Waals surface area contributed by atoms with Crippen LogP contribution in [0.2, 0.25) is 0 Å². The van der Waals surface area contributed by atoms with Crippen LogP contribution in [0.3, 0.4) is 0 Å². The Balaban J connectivity index is 1.71. The number of hydrogen-bond donors (Lipinski definition) is 0. The van der Waals surface area contributed by atoms with Crippen LogP contribution in [0.25, 0.3) is 0 Å². The van der Waals surface area contributed by atoms with Crippen LogP contribution in [0.4, 0.5) is 0 Å². The Morgan fingerprint density at radius 2 is 1.74 bits per heavy atom. The van der Waals surface area contributed by atoms with E-state index in [9.17, 15) is 9.59 Å². The zero-order chi connectivity index (χ0) is 25.2. The van der Waals surface area contributed by atoms with Crippen LogP contribution in [0.15, 0.2) is 64.8 Å². The molecule has 2 aromatic rings. The second-order valence-electron chi connectivity index (χ2n) is 10.0. The third-order valence-electron chi connectivity index (χ3n) is 6.80. The fraction of sp³-hybridized carbons (Fsp3) is 0.414. The fourth-order valence-electron chi connectivity index (χ4n) is 5.16. The standard InChI is InChI=1S/C29H33NO5/c1-18-25(28(32)35-14-13-19-9-7-6-8-10-19)26(20-11-12-23(33-4)24(15-20)34-5)27-21(30-18)16-29(2,3)17-22(27)31/h6-12,15,25-26H,13-14,16-17H2,1-5H3/t25?,26-/m0/s1. The number of rotatable bonds is 7. The predicted molar refractivity (Wildman–Crippen MR) is 135 cm³/mol. The van der Waals surface area contributed by atoms with Gasteiger partial charge in [0.15, 0.2) is 17.3 Å². The van der Waals surface area contributed by atoms with Crippen molar-refractivity contribution in [3.63, 3.8) is 0 Å². The minimum atomic E-state index is -0.687. The van der Waals surface area contributed by atoms with E-state index >= 15 is 0 Å². The van der Waals surface area contributed by atoms with Crippen LogP contribution in [0, 0.1) is 11.3 Å². The van der Waals surface area contributed by atoms with Gasteiger partial charge in [-0.3, -0.25) is 14.6 Å². The number of ether oxygens (including phenoxy) is 3. The van der Waals surface area contributed by atoms with Gasteiger partial charge in [-0.1, -0.05) is 50.2 Å². The summed E-state index contributed by atoms with van der Waals surface area (Å²) in [6.45, 7) is 6.27. The zero-order valence-corrected chi connectivity index (χ0v) is 21.1. The summed E-state index contributed by atoms with van der Waals surface area (Å²) in [6.07, 6.45) is 1.72. The van der Waals surface area contributed by atoms with Gasteiger partial charge in [0.05, 0.1) is 20.8 Å². The van der Waals surface area contributed by atoms with Crippen LogP contribution in [-0.4, -0.2) is 38.3 Å².